The number of hydrogen-bond donors (Lipinski definition) is 3. The van der Waals surface area contributed by atoms with Crippen LogP contribution in [0.15, 0.2) is 48.5 Å². The van der Waals surface area contributed by atoms with Gasteiger partial charge in [-0.05, 0) is 55.0 Å². The number of nitrogens with two attached hydrogens (primary N) is 2. The van der Waals surface area contributed by atoms with E-state index in [0.717, 1.165) is 24.5 Å². The van der Waals surface area contributed by atoms with E-state index in [9.17, 15) is 0 Å². The summed E-state index contributed by atoms with van der Waals surface area (Å²) in [7, 11) is 0. The van der Waals surface area contributed by atoms with E-state index in [1.54, 1.807) is 24.3 Å². The average Bonchev–Trinajstić information content (AvgIpc) is 2.48. The van der Waals surface area contributed by atoms with Crippen molar-refractivity contribution in [2.24, 2.45) is 0 Å². The van der Waals surface area contributed by atoms with Crippen molar-refractivity contribution in [3.05, 3.63) is 48.5 Å². The van der Waals surface area contributed by atoms with Crippen LogP contribution in [0.1, 0.15) is 13.3 Å². The molecule has 0 saturated heterocycles. The zero-order valence-electron chi connectivity index (χ0n) is 11.5. The second-order valence-corrected chi connectivity index (χ2v) is 4.08. The molecule has 108 valence electrons. The molecule has 0 heterocycles. The van der Waals surface area contributed by atoms with Gasteiger partial charge in [0.25, 0.3) is 0 Å². The molecule has 0 spiro atoms. The summed E-state index contributed by atoms with van der Waals surface area (Å²) in [6.45, 7) is 2.85. The highest BCUT2D eigenvalue weighted by molar-refractivity contribution is 5.42. The molecule has 0 fully saturated rings. The minimum absolute atomic E-state index is 0.393. The molecule has 0 amide bonds. The SMILES string of the molecule is CCCOc1ccc(N)cc1.Nc1ccc(OO)cc1. The van der Waals surface area contributed by atoms with Gasteiger partial charge in [-0.1, -0.05) is 6.92 Å². The van der Waals surface area contributed by atoms with Gasteiger partial charge in [0.15, 0.2) is 5.75 Å². The Morgan fingerprint density at radius 3 is 1.70 bits per heavy atom. The van der Waals surface area contributed by atoms with Crippen molar-refractivity contribution in [2.75, 3.05) is 18.1 Å². The molecular weight excluding hydrogens is 256 g/mol. The third-order valence-corrected chi connectivity index (χ3v) is 2.34. The smallest absolute Gasteiger partial charge is 0.165 e. The van der Waals surface area contributed by atoms with Crippen molar-refractivity contribution in [3.63, 3.8) is 0 Å². The van der Waals surface area contributed by atoms with Gasteiger partial charge < -0.3 is 21.1 Å². The first-order valence-corrected chi connectivity index (χ1v) is 6.31. The minimum Gasteiger partial charge on any atom is -0.494 e. The number of rotatable bonds is 4. The molecule has 5 nitrogen and oxygen atoms in total. The molecule has 0 bridgehead atoms. The van der Waals surface area contributed by atoms with Gasteiger partial charge in [0.2, 0.25) is 0 Å². The van der Waals surface area contributed by atoms with Crippen LogP contribution < -0.4 is 21.1 Å². The van der Waals surface area contributed by atoms with Gasteiger partial charge in [-0.15, -0.1) is 0 Å². The lowest BCUT2D eigenvalue weighted by Crippen LogP contribution is -1.94. The van der Waals surface area contributed by atoms with E-state index in [1.165, 1.54) is 0 Å². The van der Waals surface area contributed by atoms with Gasteiger partial charge in [0.05, 0.1) is 6.61 Å². The Balaban J connectivity index is 0.000000204. The van der Waals surface area contributed by atoms with E-state index in [0.29, 0.717) is 11.4 Å². The average molecular weight is 276 g/mol. The van der Waals surface area contributed by atoms with E-state index < -0.39 is 0 Å². The van der Waals surface area contributed by atoms with Crippen LogP contribution in [0, 0.1) is 0 Å². The molecule has 0 atom stereocenters. The minimum atomic E-state index is 0.393. The van der Waals surface area contributed by atoms with Crippen molar-refractivity contribution in [2.45, 2.75) is 13.3 Å². The standard InChI is InChI=1S/C9H13NO.C6H7NO2/c1-2-7-11-9-5-3-8(10)4-6-9;7-5-1-3-6(9-8)4-2-5/h3-6H,2,7,10H2,1H3;1-4,8H,7H2. The lowest BCUT2D eigenvalue weighted by molar-refractivity contribution is -0.137. The van der Waals surface area contributed by atoms with Crippen molar-refractivity contribution < 1.29 is 14.9 Å². The number of ether oxygens (including phenoxy) is 1. The van der Waals surface area contributed by atoms with Crippen molar-refractivity contribution in [3.8, 4) is 11.5 Å². The Bertz CT molecular complexity index is 483. The predicted octanol–water partition coefficient (Wildman–Crippen LogP) is 3.18. The summed E-state index contributed by atoms with van der Waals surface area (Å²) in [5.41, 5.74) is 12.3. The normalized spacial score (nSPS) is 9.30. The largest absolute Gasteiger partial charge is 0.494 e. The first-order valence-electron chi connectivity index (χ1n) is 6.31. The van der Waals surface area contributed by atoms with Crippen LogP contribution in [0.3, 0.4) is 0 Å². The van der Waals surface area contributed by atoms with Crippen LogP contribution in [0.5, 0.6) is 11.5 Å². The maximum absolute atomic E-state index is 8.09. The number of hydrogen-bond acceptors (Lipinski definition) is 5. The Labute approximate surface area is 118 Å². The third kappa shape index (κ3) is 5.97. The Morgan fingerprint density at radius 1 is 0.850 bits per heavy atom. The lowest BCUT2D eigenvalue weighted by atomic mass is 10.3. The number of nitrogen functional groups attached to an aromatic ring is 2. The molecule has 2 aromatic carbocycles. The van der Waals surface area contributed by atoms with Gasteiger partial charge in [-0.2, -0.15) is 0 Å². The molecule has 0 aliphatic rings. The van der Waals surface area contributed by atoms with Crippen LogP contribution in [-0.4, -0.2) is 11.9 Å². The van der Waals surface area contributed by atoms with Crippen LogP contribution in [0.25, 0.3) is 0 Å². The van der Waals surface area contributed by atoms with Crippen molar-refractivity contribution in [1.82, 2.24) is 0 Å². The summed E-state index contributed by atoms with van der Waals surface area (Å²) >= 11 is 0. The molecule has 0 radical (unpaired) electrons. The van der Waals surface area contributed by atoms with Crippen molar-refractivity contribution >= 4 is 11.4 Å². The van der Waals surface area contributed by atoms with Crippen LogP contribution in [-0.2, 0) is 0 Å². The molecule has 2 rings (SSSR count). The lowest BCUT2D eigenvalue weighted by Gasteiger charge is -2.03. The fraction of sp³-hybridized carbons (Fsp3) is 0.200. The molecule has 0 aliphatic heterocycles. The summed E-state index contributed by atoms with van der Waals surface area (Å²) in [6, 6.07) is 13.9. The van der Waals surface area contributed by atoms with E-state index in [-0.39, 0.29) is 0 Å². The summed E-state index contributed by atoms with van der Waals surface area (Å²) in [5.74, 6) is 1.28. The van der Waals surface area contributed by atoms with Gasteiger partial charge in [-0.3, -0.25) is 0 Å². The van der Waals surface area contributed by atoms with Gasteiger partial charge in [-0.25, -0.2) is 5.26 Å². The van der Waals surface area contributed by atoms with Crippen LogP contribution in [0.2, 0.25) is 0 Å². The highest BCUT2D eigenvalue weighted by Gasteiger charge is 1.90. The van der Waals surface area contributed by atoms with Crippen molar-refractivity contribution in [1.29, 1.82) is 0 Å². The van der Waals surface area contributed by atoms with E-state index in [2.05, 4.69) is 11.8 Å². The summed E-state index contributed by atoms with van der Waals surface area (Å²) in [5, 5.41) is 8.09. The summed E-state index contributed by atoms with van der Waals surface area (Å²) in [4.78, 5) is 3.91. The number of anilines is 2. The molecular formula is C15H20N2O3. The zero-order chi connectivity index (χ0) is 14.8. The molecule has 5 N–H and O–H groups in total. The maximum Gasteiger partial charge on any atom is 0.165 e. The Hall–Kier alpha value is -2.40. The molecule has 2 aromatic rings. The zero-order valence-corrected chi connectivity index (χ0v) is 11.5. The topological polar surface area (TPSA) is 90.7 Å². The summed E-state index contributed by atoms with van der Waals surface area (Å²) in [6.07, 6.45) is 1.03. The molecule has 5 heteroatoms. The van der Waals surface area contributed by atoms with Gasteiger partial charge in [0, 0.05) is 11.4 Å². The maximum atomic E-state index is 8.09. The first kappa shape index (κ1) is 15.7. The second kappa shape index (κ2) is 8.66. The van der Waals surface area contributed by atoms with Gasteiger partial charge >= 0.3 is 0 Å². The molecule has 0 aliphatic carbocycles. The third-order valence-electron chi connectivity index (χ3n) is 2.34. The number of benzene rings is 2. The summed E-state index contributed by atoms with van der Waals surface area (Å²) < 4.78 is 5.35. The predicted molar refractivity (Wildman–Crippen MR) is 80.8 cm³/mol. The first-order chi connectivity index (χ1) is 9.65. The van der Waals surface area contributed by atoms with Gasteiger partial charge in [0.1, 0.15) is 5.75 Å². The van der Waals surface area contributed by atoms with E-state index in [1.807, 2.05) is 24.3 Å². The second-order valence-electron chi connectivity index (χ2n) is 4.08. The Kier molecular flexibility index (Phi) is 6.78. The van der Waals surface area contributed by atoms with Crippen LogP contribution in [0.4, 0.5) is 11.4 Å². The highest BCUT2D eigenvalue weighted by Crippen LogP contribution is 2.13. The molecule has 0 aromatic heterocycles. The fourth-order valence-electron chi connectivity index (χ4n) is 1.31. The molecule has 20 heavy (non-hydrogen) atoms. The molecule has 0 saturated carbocycles. The van der Waals surface area contributed by atoms with E-state index in [4.69, 9.17) is 21.5 Å². The fourth-order valence-corrected chi connectivity index (χ4v) is 1.31. The highest BCUT2D eigenvalue weighted by atomic mass is 17.1. The monoisotopic (exact) mass is 276 g/mol. The molecule has 0 unspecified atom stereocenters. The van der Waals surface area contributed by atoms with E-state index >= 15 is 0 Å². The quantitative estimate of drug-likeness (QED) is 0.453. The van der Waals surface area contributed by atoms with Crippen LogP contribution >= 0.6 is 0 Å². The Morgan fingerprint density at radius 2 is 1.30 bits per heavy atom.